The summed E-state index contributed by atoms with van der Waals surface area (Å²) < 4.78 is 5.43. The molecule has 3 aliphatic rings. The Morgan fingerprint density at radius 2 is 1.69 bits per heavy atom. The summed E-state index contributed by atoms with van der Waals surface area (Å²) in [5.41, 5.74) is -0.621. The van der Waals surface area contributed by atoms with Crippen molar-refractivity contribution < 1.29 is 19.4 Å². The molecule has 2 aliphatic heterocycles. The van der Waals surface area contributed by atoms with Crippen LogP contribution in [0, 0.1) is 0 Å². The Bertz CT molecular complexity index is 529. The summed E-state index contributed by atoms with van der Waals surface area (Å²) in [7, 11) is 0. The molecule has 1 aliphatic carbocycles. The standard InChI is InChI=1S/C19H33N3O4/c1-19(2,3)26-18(25)22-11-8-15(23)16(22)17(24)21-10-5-9-20(12-13-21)14-6-4-7-14/h14-16,23H,4-13H2,1-3H3. The molecule has 148 valence electrons. The number of amides is 2. The van der Waals surface area contributed by atoms with E-state index < -0.39 is 23.8 Å². The van der Waals surface area contributed by atoms with Gasteiger partial charge in [-0.2, -0.15) is 0 Å². The molecule has 2 heterocycles. The molecule has 3 fully saturated rings. The molecule has 2 saturated heterocycles. The largest absolute Gasteiger partial charge is 0.444 e. The average Bonchev–Trinajstić information content (AvgIpc) is 2.72. The first-order valence-corrected chi connectivity index (χ1v) is 9.97. The second kappa shape index (κ2) is 7.72. The fourth-order valence-electron chi connectivity index (χ4n) is 4.06. The number of ether oxygens (including phenoxy) is 1. The highest BCUT2D eigenvalue weighted by Crippen LogP contribution is 2.27. The van der Waals surface area contributed by atoms with E-state index in [1.54, 1.807) is 20.8 Å². The first-order valence-electron chi connectivity index (χ1n) is 9.97. The van der Waals surface area contributed by atoms with Crippen molar-refractivity contribution >= 4 is 12.0 Å². The third kappa shape index (κ3) is 4.31. The Balaban J connectivity index is 1.63. The molecule has 2 unspecified atom stereocenters. The number of hydrogen-bond acceptors (Lipinski definition) is 5. The van der Waals surface area contributed by atoms with Gasteiger partial charge >= 0.3 is 6.09 Å². The van der Waals surface area contributed by atoms with Gasteiger partial charge in [0.05, 0.1) is 6.10 Å². The first kappa shape index (κ1) is 19.4. The van der Waals surface area contributed by atoms with E-state index in [2.05, 4.69) is 4.90 Å². The maximum atomic E-state index is 13.1. The highest BCUT2D eigenvalue weighted by Gasteiger charge is 2.44. The van der Waals surface area contributed by atoms with E-state index >= 15 is 0 Å². The predicted molar refractivity (Wildman–Crippen MR) is 97.8 cm³/mol. The van der Waals surface area contributed by atoms with Gasteiger partial charge in [0.15, 0.2) is 0 Å². The average molecular weight is 367 g/mol. The zero-order valence-corrected chi connectivity index (χ0v) is 16.3. The molecule has 26 heavy (non-hydrogen) atoms. The van der Waals surface area contributed by atoms with Crippen LogP contribution in [0.2, 0.25) is 0 Å². The van der Waals surface area contributed by atoms with Gasteiger partial charge in [-0.25, -0.2) is 4.79 Å². The van der Waals surface area contributed by atoms with Crippen LogP contribution >= 0.6 is 0 Å². The third-order valence-electron chi connectivity index (χ3n) is 5.68. The smallest absolute Gasteiger partial charge is 0.411 e. The van der Waals surface area contributed by atoms with Crippen LogP contribution in [0.5, 0.6) is 0 Å². The van der Waals surface area contributed by atoms with Gasteiger partial charge in [-0.15, -0.1) is 0 Å². The Hall–Kier alpha value is -1.34. The van der Waals surface area contributed by atoms with E-state index in [0.29, 0.717) is 32.1 Å². The van der Waals surface area contributed by atoms with Crippen molar-refractivity contribution in [3.63, 3.8) is 0 Å². The summed E-state index contributed by atoms with van der Waals surface area (Å²) >= 11 is 0. The molecular weight excluding hydrogens is 334 g/mol. The van der Waals surface area contributed by atoms with E-state index in [-0.39, 0.29) is 5.91 Å². The maximum Gasteiger partial charge on any atom is 0.411 e. The van der Waals surface area contributed by atoms with Gasteiger partial charge < -0.3 is 14.7 Å². The number of likely N-dealkylation sites (tertiary alicyclic amines) is 1. The number of carbonyl (C=O) groups excluding carboxylic acids is 2. The molecular formula is C19H33N3O4. The van der Waals surface area contributed by atoms with Crippen LogP contribution in [0.3, 0.4) is 0 Å². The quantitative estimate of drug-likeness (QED) is 0.800. The zero-order valence-electron chi connectivity index (χ0n) is 16.3. The molecule has 3 rings (SSSR count). The summed E-state index contributed by atoms with van der Waals surface area (Å²) in [6, 6.07) is -0.138. The number of carbonyl (C=O) groups is 2. The zero-order chi connectivity index (χ0) is 18.9. The van der Waals surface area contributed by atoms with E-state index in [1.165, 1.54) is 24.2 Å². The minimum atomic E-state index is -0.819. The van der Waals surface area contributed by atoms with E-state index in [9.17, 15) is 14.7 Å². The predicted octanol–water partition coefficient (Wildman–Crippen LogP) is 1.44. The van der Waals surface area contributed by atoms with Crippen molar-refractivity contribution in [1.82, 2.24) is 14.7 Å². The SMILES string of the molecule is CC(C)(C)OC(=O)N1CCC(O)C1C(=O)N1CCCN(C2CCC2)CC1. The molecule has 0 aromatic rings. The van der Waals surface area contributed by atoms with E-state index in [1.807, 2.05) is 4.90 Å². The topological polar surface area (TPSA) is 73.3 Å². The normalized spacial score (nSPS) is 28.6. The second-order valence-corrected chi connectivity index (χ2v) is 8.77. The van der Waals surface area contributed by atoms with Crippen molar-refractivity contribution in [2.24, 2.45) is 0 Å². The van der Waals surface area contributed by atoms with Gasteiger partial charge in [-0.1, -0.05) is 6.42 Å². The lowest BCUT2D eigenvalue weighted by Crippen LogP contribution is -2.53. The summed E-state index contributed by atoms with van der Waals surface area (Å²) in [6.45, 7) is 9.03. The highest BCUT2D eigenvalue weighted by atomic mass is 16.6. The third-order valence-corrected chi connectivity index (χ3v) is 5.68. The molecule has 7 nitrogen and oxygen atoms in total. The molecule has 1 saturated carbocycles. The van der Waals surface area contributed by atoms with Gasteiger partial charge in [0.25, 0.3) is 0 Å². The summed E-state index contributed by atoms with van der Waals surface area (Å²) in [6.07, 6.45) is 3.86. The van der Waals surface area contributed by atoms with Crippen molar-refractivity contribution in [1.29, 1.82) is 0 Å². The lowest BCUT2D eigenvalue weighted by Gasteiger charge is -2.37. The summed E-state index contributed by atoms with van der Waals surface area (Å²) in [5, 5.41) is 10.4. The van der Waals surface area contributed by atoms with Crippen molar-refractivity contribution in [3.05, 3.63) is 0 Å². The molecule has 0 aromatic carbocycles. The molecule has 7 heteroatoms. The Morgan fingerprint density at radius 1 is 0.962 bits per heavy atom. The maximum absolute atomic E-state index is 13.1. The highest BCUT2D eigenvalue weighted by molar-refractivity contribution is 5.87. The van der Waals surface area contributed by atoms with Crippen LogP contribution in [0.15, 0.2) is 0 Å². The number of aliphatic hydroxyl groups is 1. The summed E-state index contributed by atoms with van der Waals surface area (Å²) in [4.78, 5) is 31.3. The molecule has 2 atom stereocenters. The van der Waals surface area contributed by atoms with Crippen molar-refractivity contribution in [3.8, 4) is 0 Å². The number of aliphatic hydroxyl groups excluding tert-OH is 1. The molecule has 0 bridgehead atoms. The number of rotatable bonds is 2. The van der Waals surface area contributed by atoms with E-state index in [4.69, 9.17) is 4.74 Å². The van der Waals surface area contributed by atoms with Crippen LogP contribution in [-0.2, 0) is 9.53 Å². The van der Waals surface area contributed by atoms with Crippen LogP contribution in [0.4, 0.5) is 4.79 Å². The van der Waals surface area contributed by atoms with Crippen LogP contribution < -0.4 is 0 Å². The fourth-order valence-corrected chi connectivity index (χ4v) is 4.06. The van der Waals surface area contributed by atoms with Gasteiger partial charge in [0, 0.05) is 38.8 Å². The molecule has 0 aromatic heterocycles. The molecule has 0 spiro atoms. The van der Waals surface area contributed by atoms with Gasteiger partial charge in [-0.05, 0) is 46.5 Å². The number of hydrogen-bond donors (Lipinski definition) is 1. The van der Waals surface area contributed by atoms with Crippen LogP contribution in [0.1, 0.15) is 52.9 Å². The lowest BCUT2D eigenvalue weighted by atomic mass is 9.91. The fraction of sp³-hybridized carbons (Fsp3) is 0.895. The minimum absolute atomic E-state index is 0.142. The Kier molecular flexibility index (Phi) is 5.77. The summed E-state index contributed by atoms with van der Waals surface area (Å²) in [5.74, 6) is -0.142. The van der Waals surface area contributed by atoms with Gasteiger partial charge in [0.2, 0.25) is 5.91 Å². The molecule has 0 radical (unpaired) electrons. The number of nitrogens with zero attached hydrogens (tertiary/aromatic N) is 3. The van der Waals surface area contributed by atoms with E-state index in [0.717, 1.165) is 19.5 Å². The van der Waals surface area contributed by atoms with Crippen LogP contribution in [-0.4, -0.2) is 88.3 Å². The minimum Gasteiger partial charge on any atom is -0.444 e. The Morgan fingerprint density at radius 3 is 2.31 bits per heavy atom. The lowest BCUT2D eigenvalue weighted by molar-refractivity contribution is -0.138. The van der Waals surface area contributed by atoms with Gasteiger partial charge in [-0.3, -0.25) is 14.6 Å². The second-order valence-electron chi connectivity index (χ2n) is 8.77. The monoisotopic (exact) mass is 367 g/mol. The van der Waals surface area contributed by atoms with Crippen molar-refractivity contribution in [2.75, 3.05) is 32.7 Å². The van der Waals surface area contributed by atoms with Crippen molar-refractivity contribution in [2.45, 2.75) is 76.7 Å². The molecule has 2 amide bonds. The first-order chi connectivity index (χ1) is 12.3. The molecule has 1 N–H and O–H groups in total. The van der Waals surface area contributed by atoms with Gasteiger partial charge in [0.1, 0.15) is 11.6 Å². The van der Waals surface area contributed by atoms with Crippen LogP contribution in [0.25, 0.3) is 0 Å². The Labute approximate surface area is 156 Å².